The molecular weight excluding hydrogens is 416 g/mol. The lowest BCUT2D eigenvalue weighted by Crippen LogP contribution is -2.36. The van der Waals surface area contributed by atoms with E-state index in [2.05, 4.69) is 32.7 Å². The number of pyridine rings is 1. The van der Waals surface area contributed by atoms with Gasteiger partial charge in [-0.25, -0.2) is 4.98 Å². The second-order valence-electron chi connectivity index (χ2n) is 7.51. The van der Waals surface area contributed by atoms with Crippen molar-refractivity contribution in [1.82, 2.24) is 15.6 Å². The number of aliphatic imine (C=N–C) groups is 1. The van der Waals surface area contributed by atoms with Crippen molar-refractivity contribution < 1.29 is 14.2 Å². The molecule has 7 heteroatoms. The average Bonchev–Trinajstić information content (AvgIpc) is 2.85. The summed E-state index contributed by atoms with van der Waals surface area (Å²) in [6.07, 6.45) is 1.75. The van der Waals surface area contributed by atoms with Crippen LogP contribution in [-0.2, 0) is 24.4 Å². The monoisotopic (exact) mass is 448 g/mol. The first kappa shape index (κ1) is 24.1. The number of nitrogens with one attached hydrogen (secondary N) is 2. The lowest BCUT2D eigenvalue weighted by molar-refractivity contribution is 0.145. The van der Waals surface area contributed by atoms with Crippen molar-refractivity contribution in [3.8, 4) is 11.6 Å². The van der Waals surface area contributed by atoms with Crippen LogP contribution in [-0.4, -0.2) is 38.3 Å². The highest BCUT2D eigenvalue weighted by Crippen LogP contribution is 2.20. The van der Waals surface area contributed by atoms with E-state index in [4.69, 9.17) is 14.2 Å². The fraction of sp³-hybridized carbons (Fsp3) is 0.308. The summed E-state index contributed by atoms with van der Waals surface area (Å²) in [5.41, 5.74) is 4.36. The van der Waals surface area contributed by atoms with Crippen LogP contribution in [0, 0.1) is 6.92 Å². The molecule has 0 aliphatic carbocycles. The molecule has 0 amide bonds. The van der Waals surface area contributed by atoms with Gasteiger partial charge in [-0.1, -0.05) is 42.5 Å². The Morgan fingerprint density at radius 2 is 1.73 bits per heavy atom. The zero-order chi connectivity index (χ0) is 23.3. The number of benzene rings is 2. The van der Waals surface area contributed by atoms with Gasteiger partial charge in [0.05, 0.1) is 6.61 Å². The van der Waals surface area contributed by atoms with Crippen LogP contribution in [0.25, 0.3) is 0 Å². The molecule has 0 radical (unpaired) electrons. The van der Waals surface area contributed by atoms with Crippen molar-refractivity contribution in [1.29, 1.82) is 0 Å². The second kappa shape index (κ2) is 13.1. The molecule has 3 rings (SSSR count). The maximum atomic E-state index is 5.88. The molecular formula is C26H32N4O3. The fourth-order valence-corrected chi connectivity index (χ4v) is 3.13. The van der Waals surface area contributed by atoms with Crippen LogP contribution in [0.2, 0.25) is 0 Å². The van der Waals surface area contributed by atoms with Gasteiger partial charge in [0.2, 0.25) is 5.88 Å². The molecule has 0 atom stereocenters. The molecule has 0 fully saturated rings. The average molecular weight is 449 g/mol. The molecule has 174 valence electrons. The third kappa shape index (κ3) is 8.12. The van der Waals surface area contributed by atoms with E-state index in [9.17, 15) is 0 Å². The maximum Gasteiger partial charge on any atom is 0.213 e. The van der Waals surface area contributed by atoms with Gasteiger partial charge in [-0.3, -0.25) is 4.99 Å². The minimum Gasteiger partial charge on any atom is -0.491 e. The van der Waals surface area contributed by atoms with E-state index in [1.165, 1.54) is 0 Å². The van der Waals surface area contributed by atoms with Gasteiger partial charge in [0.15, 0.2) is 5.96 Å². The summed E-state index contributed by atoms with van der Waals surface area (Å²) < 4.78 is 16.8. The molecule has 1 aromatic heterocycles. The maximum absolute atomic E-state index is 5.88. The van der Waals surface area contributed by atoms with Crippen molar-refractivity contribution in [2.45, 2.75) is 26.6 Å². The highest BCUT2D eigenvalue weighted by Gasteiger charge is 2.07. The molecule has 2 aromatic carbocycles. The predicted octanol–water partition coefficient (Wildman–Crippen LogP) is 3.86. The number of ether oxygens (including phenoxy) is 3. The zero-order valence-corrected chi connectivity index (χ0v) is 19.5. The van der Waals surface area contributed by atoms with Crippen LogP contribution in [0.5, 0.6) is 11.6 Å². The SMILES string of the molecule is CN=C(NCc1ccnc(OCc2ccccc2)c1)NCc1ccc(C)cc1OCCOC. The molecule has 0 aliphatic rings. The van der Waals surface area contributed by atoms with Crippen LogP contribution in [0.1, 0.15) is 22.3 Å². The summed E-state index contributed by atoms with van der Waals surface area (Å²) in [5.74, 6) is 2.14. The van der Waals surface area contributed by atoms with E-state index in [-0.39, 0.29) is 0 Å². The number of aryl methyl sites for hydroxylation is 1. The van der Waals surface area contributed by atoms with E-state index < -0.39 is 0 Å². The topological polar surface area (TPSA) is 77.0 Å². The van der Waals surface area contributed by atoms with Gasteiger partial charge in [-0.05, 0) is 35.7 Å². The normalized spacial score (nSPS) is 11.2. The largest absolute Gasteiger partial charge is 0.491 e. The van der Waals surface area contributed by atoms with Gasteiger partial charge >= 0.3 is 0 Å². The molecule has 0 saturated carbocycles. The molecule has 0 aliphatic heterocycles. The molecule has 0 bridgehead atoms. The number of hydrogen-bond donors (Lipinski definition) is 2. The molecule has 33 heavy (non-hydrogen) atoms. The summed E-state index contributed by atoms with van der Waals surface area (Å²) in [7, 11) is 3.42. The Morgan fingerprint density at radius 3 is 2.52 bits per heavy atom. The van der Waals surface area contributed by atoms with E-state index in [0.29, 0.717) is 44.7 Å². The Balaban J connectivity index is 1.52. The number of aromatic nitrogens is 1. The summed E-state index contributed by atoms with van der Waals surface area (Å²) >= 11 is 0. The van der Waals surface area contributed by atoms with Crippen molar-refractivity contribution >= 4 is 5.96 Å². The molecule has 1 heterocycles. The van der Waals surface area contributed by atoms with Crippen LogP contribution >= 0.6 is 0 Å². The Bertz CT molecular complexity index is 1030. The van der Waals surface area contributed by atoms with E-state index in [0.717, 1.165) is 28.0 Å². The number of hydrogen-bond acceptors (Lipinski definition) is 5. The summed E-state index contributed by atoms with van der Waals surface area (Å²) in [6.45, 7) is 4.77. The van der Waals surface area contributed by atoms with E-state index >= 15 is 0 Å². The van der Waals surface area contributed by atoms with Crippen molar-refractivity contribution in [2.75, 3.05) is 27.4 Å². The van der Waals surface area contributed by atoms with Gasteiger partial charge in [-0.2, -0.15) is 0 Å². The van der Waals surface area contributed by atoms with E-state index in [1.54, 1.807) is 20.4 Å². The van der Waals surface area contributed by atoms with Crippen LogP contribution in [0.3, 0.4) is 0 Å². The van der Waals surface area contributed by atoms with E-state index in [1.807, 2.05) is 55.5 Å². The quantitative estimate of drug-likeness (QED) is 0.264. The Hall–Kier alpha value is -3.58. The molecule has 3 aromatic rings. The number of methoxy groups -OCH3 is 1. The Kier molecular flexibility index (Phi) is 9.54. The second-order valence-corrected chi connectivity index (χ2v) is 7.51. The first-order chi connectivity index (χ1) is 16.2. The van der Waals surface area contributed by atoms with Crippen molar-refractivity contribution in [2.24, 2.45) is 4.99 Å². The Labute approximate surface area is 195 Å². The third-order valence-electron chi connectivity index (χ3n) is 4.93. The summed E-state index contributed by atoms with van der Waals surface area (Å²) in [5, 5.41) is 6.68. The summed E-state index contributed by atoms with van der Waals surface area (Å²) in [6, 6.07) is 20.1. The number of nitrogens with zero attached hydrogens (tertiary/aromatic N) is 2. The van der Waals surface area contributed by atoms with Crippen LogP contribution in [0.4, 0.5) is 0 Å². The number of guanidine groups is 1. The van der Waals surface area contributed by atoms with Crippen molar-refractivity contribution in [3.05, 3.63) is 89.1 Å². The van der Waals surface area contributed by atoms with Gasteiger partial charge in [-0.15, -0.1) is 0 Å². The van der Waals surface area contributed by atoms with Gasteiger partial charge < -0.3 is 24.8 Å². The zero-order valence-electron chi connectivity index (χ0n) is 19.5. The van der Waals surface area contributed by atoms with Crippen molar-refractivity contribution in [3.63, 3.8) is 0 Å². The van der Waals surface area contributed by atoms with Gasteiger partial charge in [0.25, 0.3) is 0 Å². The Morgan fingerprint density at radius 1 is 0.909 bits per heavy atom. The molecule has 7 nitrogen and oxygen atoms in total. The van der Waals surface area contributed by atoms with Gasteiger partial charge in [0, 0.05) is 45.1 Å². The van der Waals surface area contributed by atoms with Gasteiger partial charge in [0.1, 0.15) is 19.0 Å². The highest BCUT2D eigenvalue weighted by molar-refractivity contribution is 5.79. The molecule has 0 unspecified atom stereocenters. The first-order valence-electron chi connectivity index (χ1n) is 11.0. The van der Waals surface area contributed by atoms with Crippen LogP contribution in [0.15, 0.2) is 71.9 Å². The van der Waals surface area contributed by atoms with Crippen LogP contribution < -0.4 is 20.1 Å². The standard InChI is InChI=1S/C26H32N4O3/c1-20-9-10-23(24(15-20)32-14-13-31-3)18-30-26(27-2)29-17-22-11-12-28-25(16-22)33-19-21-7-5-4-6-8-21/h4-12,15-16H,13-14,17-19H2,1-3H3,(H2,27,29,30). The fourth-order valence-electron chi connectivity index (χ4n) is 3.13. The summed E-state index contributed by atoms with van der Waals surface area (Å²) in [4.78, 5) is 8.63. The first-order valence-corrected chi connectivity index (χ1v) is 11.0. The highest BCUT2D eigenvalue weighted by atomic mass is 16.5. The molecule has 0 saturated heterocycles. The third-order valence-corrected chi connectivity index (χ3v) is 4.93. The lowest BCUT2D eigenvalue weighted by atomic mass is 10.1. The minimum atomic E-state index is 0.485. The lowest BCUT2D eigenvalue weighted by Gasteiger charge is -2.15. The smallest absolute Gasteiger partial charge is 0.213 e. The number of rotatable bonds is 11. The predicted molar refractivity (Wildman–Crippen MR) is 131 cm³/mol. The molecule has 0 spiro atoms. The molecule has 2 N–H and O–H groups in total. The minimum absolute atomic E-state index is 0.485.